The largest absolute Gasteiger partial charge is 0.493 e. The van der Waals surface area contributed by atoms with Gasteiger partial charge in [0, 0.05) is 38.2 Å². The maximum atomic E-state index is 14.3. The third kappa shape index (κ3) is 6.62. The molecule has 52 heavy (non-hydrogen) atoms. The van der Waals surface area contributed by atoms with E-state index in [4.69, 9.17) is 26.1 Å². The highest BCUT2D eigenvalue weighted by atomic mass is 35.5. The monoisotopic (exact) mass is 758 g/mol. The number of hydrogen-bond acceptors (Lipinski definition) is 10. The fourth-order valence-corrected chi connectivity index (χ4v) is 7.54. The fraction of sp³-hybridized carbons (Fsp3) is 0.412. The average Bonchev–Trinajstić information content (AvgIpc) is 3.86. The number of ether oxygens (including phenoxy) is 2. The summed E-state index contributed by atoms with van der Waals surface area (Å²) in [5.74, 6) is 0.471. The summed E-state index contributed by atoms with van der Waals surface area (Å²) in [5, 5.41) is 6.95. The first-order valence-corrected chi connectivity index (χ1v) is 17.8. The van der Waals surface area contributed by atoms with Gasteiger partial charge in [-0.25, -0.2) is 9.78 Å². The van der Waals surface area contributed by atoms with E-state index in [0.29, 0.717) is 49.5 Å². The summed E-state index contributed by atoms with van der Waals surface area (Å²) in [4.78, 5) is 53.2. The van der Waals surface area contributed by atoms with E-state index in [0.717, 1.165) is 33.2 Å². The number of amides is 2. The van der Waals surface area contributed by atoms with Gasteiger partial charge in [-0.05, 0) is 57.0 Å². The Bertz CT molecular complexity index is 2290. The maximum absolute atomic E-state index is 14.3. The lowest BCUT2D eigenvalue weighted by molar-refractivity contribution is -0.136. The Morgan fingerprint density at radius 2 is 1.87 bits per heavy atom. The minimum absolute atomic E-state index is 0.0629. The van der Waals surface area contributed by atoms with Crippen LogP contribution in [-0.4, -0.2) is 79.4 Å². The predicted octanol–water partition coefficient (Wildman–Crippen LogP) is 6.03. The summed E-state index contributed by atoms with van der Waals surface area (Å²) in [7, 11) is 0. The smallest absolute Gasteiger partial charge is 0.417 e. The summed E-state index contributed by atoms with van der Waals surface area (Å²) in [6.07, 6.45) is -4.12. The number of carbonyl (C=O) groups excluding carboxylic acids is 2. The second-order valence-electron chi connectivity index (χ2n) is 13.4. The number of piperazine rings is 1. The molecule has 2 amide bonds. The number of fused-ring (bicyclic) bond motifs is 3. The number of aromatic nitrogens is 5. The van der Waals surface area contributed by atoms with E-state index in [1.807, 2.05) is 24.0 Å². The van der Waals surface area contributed by atoms with Gasteiger partial charge in [0.05, 0.1) is 38.8 Å². The molecule has 13 nitrogen and oxygen atoms in total. The van der Waals surface area contributed by atoms with Crippen molar-refractivity contribution in [1.29, 1.82) is 0 Å². The zero-order valence-corrected chi connectivity index (χ0v) is 30.2. The number of alkyl halides is 3. The molecule has 0 bridgehead atoms. The van der Waals surface area contributed by atoms with Gasteiger partial charge in [-0.3, -0.25) is 9.59 Å². The Labute approximate surface area is 303 Å². The highest BCUT2D eigenvalue weighted by molar-refractivity contribution is 7.17. The molecule has 0 aliphatic carbocycles. The van der Waals surface area contributed by atoms with E-state index >= 15 is 0 Å². The molecule has 0 saturated carbocycles. The highest BCUT2D eigenvalue weighted by Crippen LogP contribution is 2.42. The van der Waals surface area contributed by atoms with Gasteiger partial charge in [0.2, 0.25) is 11.7 Å². The van der Waals surface area contributed by atoms with E-state index in [9.17, 15) is 27.6 Å². The molecule has 5 heterocycles. The van der Waals surface area contributed by atoms with E-state index in [1.165, 1.54) is 5.51 Å². The lowest BCUT2D eigenvalue weighted by Gasteiger charge is -2.37. The van der Waals surface area contributed by atoms with Crippen LogP contribution in [0, 0.1) is 0 Å². The van der Waals surface area contributed by atoms with Crippen molar-refractivity contribution in [2.75, 3.05) is 43.0 Å². The number of nitrogens with one attached hydrogen (secondary N) is 1. The van der Waals surface area contributed by atoms with Crippen molar-refractivity contribution >= 4 is 62.3 Å². The van der Waals surface area contributed by atoms with Crippen molar-refractivity contribution in [2.45, 2.75) is 58.9 Å². The Kier molecular flexibility index (Phi) is 9.05. The Balaban J connectivity index is 1.29. The third-order valence-electron chi connectivity index (χ3n) is 8.79. The predicted molar refractivity (Wildman–Crippen MR) is 190 cm³/mol. The minimum Gasteiger partial charge on any atom is -0.493 e. The average molecular weight is 759 g/mol. The van der Waals surface area contributed by atoms with Gasteiger partial charge in [0.1, 0.15) is 29.1 Å². The van der Waals surface area contributed by atoms with Crippen LogP contribution in [0.15, 0.2) is 34.6 Å². The first kappa shape index (κ1) is 35.5. The van der Waals surface area contributed by atoms with Crippen LogP contribution in [0.3, 0.4) is 0 Å². The minimum atomic E-state index is -4.68. The molecule has 0 atom stereocenters. The molecule has 2 aliphatic heterocycles. The molecule has 2 aromatic carbocycles. The normalized spacial score (nSPS) is 14.9. The molecule has 5 aromatic rings. The number of hydrogen-bond donors (Lipinski definition) is 1. The molecule has 1 N–H and O–H groups in total. The van der Waals surface area contributed by atoms with Crippen LogP contribution < -0.4 is 20.5 Å². The van der Waals surface area contributed by atoms with Crippen molar-refractivity contribution in [1.82, 2.24) is 29.0 Å². The molecule has 0 radical (unpaired) electrons. The lowest BCUT2D eigenvalue weighted by atomic mass is 10.1. The molecule has 1 fully saturated rings. The number of nitrogens with zero attached hydrogens (tertiary/aromatic N) is 7. The highest BCUT2D eigenvalue weighted by Gasteiger charge is 2.36. The fourth-order valence-electron chi connectivity index (χ4n) is 6.46. The molecule has 7 rings (SSSR count). The molecular weight excluding hydrogens is 725 g/mol. The molecule has 0 unspecified atom stereocenters. The first-order valence-electron chi connectivity index (χ1n) is 16.6. The van der Waals surface area contributed by atoms with Gasteiger partial charge in [0.15, 0.2) is 5.82 Å². The van der Waals surface area contributed by atoms with Crippen molar-refractivity contribution in [3.63, 3.8) is 0 Å². The second kappa shape index (κ2) is 13.3. The van der Waals surface area contributed by atoms with Gasteiger partial charge in [-0.2, -0.15) is 22.7 Å². The van der Waals surface area contributed by atoms with Crippen LogP contribution in [0.5, 0.6) is 5.75 Å². The van der Waals surface area contributed by atoms with Crippen LogP contribution >= 0.6 is 22.9 Å². The van der Waals surface area contributed by atoms with Crippen LogP contribution in [0.2, 0.25) is 5.02 Å². The standard InChI is InChI=1S/C34H34ClF3N8O5S/c1-5-22-27(43-9-11-44(12-10-43)32(49)51-33(2,3)4)30(48)46-31(41-29(42-46)19-6-7-23-18(14-19)8-13-50-23)45(22)16-24(47)40-25-21(35)15-20(34(36,37)38)28-26(25)39-17-52-28/h6-7,14-15,17H,5,8-13,16H2,1-4H3,(H,40,47). The van der Waals surface area contributed by atoms with Gasteiger partial charge in [-0.1, -0.05) is 18.5 Å². The topological polar surface area (TPSA) is 136 Å². The van der Waals surface area contributed by atoms with Gasteiger partial charge < -0.3 is 29.2 Å². The van der Waals surface area contributed by atoms with Crippen LogP contribution in [0.25, 0.3) is 27.4 Å². The maximum Gasteiger partial charge on any atom is 0.417 e. The first-order chi connectivity index (χ1) is 24.6. The van der Waals surface area contributed by atoms with E-state index in [1.54, 1.807) is 36.3 Å². The van der Waals surface area contributed by atoms with Crippen molar-refractivity contribution in [3.05, 3.63) is 62.0 Å². The number of thiazole rings is 1. The van der Waals surface area contributed by atoms with Gasteiger partial charge in [-0.15, -0.1) is 16.4 Å². The summed E-state index contributed by atoms with van der Waals surface area (Å²) in [6.45, 7) is 8.53. The third-order valence-corrected chi connectivity index (χ3v) is 9.94. The Morgan fingerprint density at radius 1 is 1.12 bits per heavy atom. The van der Waals surface area contributed by atoms with Crippen LogP contribution in [0.1, 0.15) is 44.5 Å². The van der Waals surface area contributed by atoms with Crippen LogP contribution in [0.4, 0.5) is 29.3 Å². The number of anilines is 2. The number of halogens is 4. The quantitative estimate of drug-likeness (QED) is 0.220. The molecular formula is C34H34ClF3N8O5S. The van der Waals surface area contributed by atoms with E-state index in [-0.39, 0.29) is 45.6 Å². The number of carbonyl (C=O) groups is 2. The van der Waals surface area contributed by atoms with Crippen LogP contribution in [-0.2, 0) is 35.1 Å². The summed E-state index contributed by atoms with van der Waals surface area (Å²) in [6, 6.07) is 6.29. The zero-order chi connectivity index (χ0) is 37.1. The second-order valence-corrected chi connectivity index (χ2v) is 14.7. The Hall–Kier alpha value is -4.90. The van der Waals surface area contributed by atoms with Gasteiger partial charge >= 0.3 is 12.3 Å². The Morgan fingerprint density at radius 3 is 2.56 bits per heavy atom. The molecule has 3 aromatic heterocycles. The summed E-state index contributed by atoms with van der Waals surface area (Å²) >= 11 is 7.11. The zero-order valence-electron chi connectivity index (χ0n) is 28.6. The number of rotatable bonds is 6. The van der Waals surface area contributed by atoms with E-state index in [2.05, 4.69) is 15.4 Å². The van der Waals surface area contributed by atoms with E-state index < -0.39 is 41.4 Å². The SMILES string of the molecule is CCc1c(N2CCN(C(=O)OC(C)(C)C)CC2)c(=O)n2nc(-c3ccc4c(c3)CCO4)nc2n1CC(=O)Nc1c(Cl)cc(C(F)(F)F)c2scnc12. The molecule has 2 aliphatic rings. The molecule has 18 heteroatoms. The molecule has 274 valence electrons. The molecule has 1 saturated heterocycles. The van der Waals surface area contributed by atoms with Crippen molar-refractivity contribution < 1.29 is 32.2 Å². The van der Waals surface area contributed by atoms with Crippen molar-refractivity contribution in [2.24, 2.45) is 0 Å². The summed E-state index contributed by atoms with van der Waals surface area (Å²) in [5.41, 5.74) is 1.43. The van der Waals surface area contributed by atoms with Crippen molar-refractivity contribution in [3.8, 4) is 17.1 Å². The molecule has 0 spiro atoms. The summed E-state index contributed by atoms with van der Waals surface area (Å²) < 4.78 is 55.1. The van der Waals surface area contributed by atoms with Gasteiger partial charge in [0.25, 0.3) is 5.56 Å². The number of benzene rings is 2. The lowest BCUT2D eigenvalue weighted by Crippen LogP contribution is -2.51.